The Morgan fingerprint density at radius 2 is 1.70 bits per heavy atom. The van der Waals surface area contributed by atoms with Crippen LogP contribution in [0.4, 0.5) is 0 Å². The average molecular weight is 366 g/mol. The molecule has 0 saturated heterocycles. The van der Waals surface area contributed by atoms with E-state index in [0.717, 1.165) is 5.56 Å². The summed E-state index contributed by atoms with van der Waals surface area (Å²) < 4.78 is 15.4. The van der Waals surface area contributed by atoms with Crippen LogP contribution >= 0.6 is 0 Å². The van der Waals surface area contributed by atoms with Gasteiger partial charge >= 0.3 is 5.97 Å². The maximum Gasteiger partial charge on any atom is 0.331 e. The summed E-state index contributed by atoms with van der Waals surface area (Å²) >= 11 is 0. The normalized spacial score (nSPS) is 11.3. The Kier molecular flexibility index (Phi) is 7.37. The minimum atomic E-state index is -0.465. The molecule has 0 heterocycles. The monoisotopic (exact) mass is 366 g/mol. The fourth-order valence-corrected chi connectivity index (χ4v) is 2.43. The van der Waals surface area contributed by atoms with E-state index in [1.165, 1.54) is 26.4 Å². The van der Waals surface area contributed by atoms with Gasteiger partial charge in [0.2, 0.25) is 0 Å². The number of rotatable bonds is 8. The summed E-state index contributed by atoms with van der Waals surface area (Å²) in [6.07, 6.45) is 4.36. The van der Waals surface area contributed by atoms with Crippen molar-refractivity contribution in [1.29, 1.82) is 0 Å². The van der Waals surface area contributed by atoms with Gasteiger partial charge in [-0.15, -0.1) is 0 Å². The third kappa shape index (κ3) is 5.57. The van der Waals surface area contributed by atoms with Crippen molar-refractivity contribution in [2.75, 3.05) is 20.8 Å². The molecule has 5 heteroatoms. The van der Waals surface area contributed by atoms with Crippen LogP contribution in [0.2, 0.25) is 0 Å². The highest BCUT2D eigenvalue weighted by Crippen LogP contribution is 2.25. The van der Waals surface area contributed by atoms with E-state index in [-0.39, 0.29) is 12.4 Å². The Hall–Kier alpha value is -3.34. The molecule has 0 unspecified atom stereocenters. The van der Waals surface area contributed by atoms with Gasteiger partial charge in [-0.3, -0.25) is 4.79 Å². The highest BCUT2D eigenvalue weighted by Gasteiger charge is 2.12. The van der Waals surface area contributed by atoms with Crippen molar-refractivity contribution in [3.05, 3.63) is 77.9 Å². The van der Waals surface area contributed by atoms with E-state index in [0.29, 0.717) is 22.6 Å². The molecule has 5 nitrogen and oxygen atoms in total. The van der Waals surface area contributed by atoms with Crippen molar-refractivity contribution in [3.8, 4) is 11.5 Å². The molecule has 0 aliphatic carbocycles. The number of carbonyl (C=O) groups is 2. The number of carbonyl (C=O) groups excluding carboxylic acids is 2. The first-order valence-corrected chi connectivity index (χ1v) is 8.47. The van der Waals surface area contributed by atoms with E-state index in [9.17, 15) is 9.59 Å². The Balaban J connectivity index is 2.36. The standard InChI is InChI=1S/C22H22O5/c1-4-27-22(24)14-17(16-8-6-5-7-9-16)10-12-20(23)19-15-18(25-2)11-13-21(19)26-3/h5-15H,4H2,1-3H3. The fourth-order valence-electron chi connectivity index (χ4n) is 2.43. The molecule has 0 amide bonds. The predicted molar refractivity (Wildman–Crippen MR) is 104 cm³/mol. The zero-order valence-electron chi connectivity index (χ0n) is 15.6. The van der Waals surface area contributed by atoms with Crippen LogP contribution in [0.3, 0.4) is 0 Å². The van der Waals surface area contributed by atoms with Gasteiger partial charge in [0.05, 0.1) is 26.4 Å². The smallest absolute Gasteiger partial charge is 0.331 e. The van der Waals surface area contributed by atoms with E-state index >= 15 is 0 Å². The summed E-state index contributed by atoms with van der Waals surface area (Å²) in [6.45, 7) is 2.02. The van der Waals surface area contributed by atoms with Gasteiger partial charge in [0, 0.05) is 6.08 Å². The molecule has 0 N–H and O–H groups in total. The Labute approximate surface area is 158 Å². The summed E-state index contributed by atoms with van der Waals surface area (Å²) in [7, 11) is 3.03. The molecular formula is C22H22O5. The van der Waals surface area contributed by atoms with Gasteiger partial charge in [-0.1, -0.05) is 36.4 Å². The first-order chi connectivity index (χ1) is 13.1. The van der Waals surface area contributed by atoms with Crippen LogP contribution in [0.25, 0.3) is 5.57 Å². The number of allylic oxidation sites excluding steroid dienone is 3. The van der Waals surface area contributed by atoms with E-state index in [2.05, 4.69) is 0 Å². The summed E-state index contributed by atoms with van der Waals surface area (Å²) in [4.78, 5) is 24.5. The van der Waals surface area contributed by atoms with Gasteiger partial charge in [-0.05, 0) is 42.3 Å². The van der Waals surface area contributed by atoms with Gasteiger partial charge in [-0.2, -0.15) is 0 Å². The van der Waals surface area contributed by atoms with Crippen LogP contribution in [-0.2, 0) is 9.53 Å². The quantitative estimate of drug-likeness (QED) is 0.305. The van der Waals surface area contributed by atoms with E-state index < -0.39 is 5.97 Å². The fraction of sp³-hybridized carbons (Fsp3) is 0.182. The van der Waals surface area contributed by atoms with Gasteiger partial charge in [0.25, 0.3) is 0 Å². The zero-order chi connectivity index (χ0) is 19.6. The lowest BCUT2D eigenvalue weighted by Crippen LogP contribution is -2.02. The molecule has 0 spiro atoms. The Bertz CT molecular complexity index is 850. The van der Waals surface area contributed by atoms with Crippen LogP contribution in [-0.4, -0.2) is 32.6 Å². The highest BCUT2D eigenvalue weighted by molar-refractivity contribution is 6.08. The molecule has 0 aliphatic rings. The molecule has 0 saturated carbocycles. The van der Waals surface area contributed by atoms with E-state index in [1.807, 2.05) is 30.3 Å². The third-order valence-corrected chi connectivity index (χ3v) is 3.75. The van der Waals surface area contributed by atoms with Gasteiger partial charge < -0.3 is 14.2 Å². The average Bonchev–Trinajstić information content (AvgIpc) is 2.71. The van der Waals surface area contributed by atoms with Crippen molar-refractivity contribution < 1.29 is 23.8 Å². The molecule has 0 fully saturated rings. The van der Waals surface area contributed by atoms with E-state index in [4.69, 9.17) is 14.2 Å². The second-order valence-electron chi connectivity index (χ2n) is 5.48. The summed E-state index contributed by atoms with van der Waals surface area (Å²) in [6, 6.07) is 14.3. The zero-order valence-corrected chi connectivity index (χ0v) is 15.6. The van der Waals surface area contributed by atoms with Crippen molar-refractivity contribution in [2.45, 2.75) is 6.92 Å². The second-order valence-corrected chi connectivity index (χ2v) is 5.48. The maximum absolute atomic E-state index is 12.7. The van der Waals surface area contributed by atoms with Crippen LogP contribution in [0.15, 0.2) is 66.8 Å². The maximum atomic E-state index is 12.7. The molecule has 0 radical (unpaired) electrons. The number of benzene rings is 2. The van der Waals surface area contributed by atoms with Crippen molar-refractivity contribution in [2.24, 2.45) is 0 Å². The molecule has 27 heavy (non-hydrogen) atoms. The van der Waals surface area contributed by atoms with Crippen LogP contribution in [0.5, 0.6) is 11.5 Å². The minimum absolute atomic E-state index is 0.267. The van der Waals surface area contributed by atoms with Gasteiger partial charge in [0.1, 0.15) is 11.5 Å². The molecule has 0 atom stereocenters. The largest absolute Gasteiger partial charge is 0.497 e. The molecule has 0 bridgehead atoms. The first kappa shape index (κ1) is 20.0. The molecule has 0 aliphatic heterocycles. The number of ketones is 1. The SMILES string of the molecule is CCOC(=O)C=C(C=CC(=O)c1cc(OC)ccc1OC)c1ccccc1. The van der Waals surface area contributed by atoms with Crippen molar-refractivity contribution in [3.63, 3.8) is 0 Å². The molecular weight excluding hydrogens is 344 g/mol. The lowest BCUT2D eigenvalue weighted by atomic mass is 10.0. The predicted octanol–water partition coefficient (Wildman–Crippen LogP) is 4.09. The molecule has 2 rings (SSSR count). The molecule has 0 aromatic heterocycles. The lowest BCUT2D eigenvalue weighted by molar-refractivity contribution is -0.137. The van der Waals surface area contributed by atoms with Gasteiger partial charge in [0.15, 0.2) is 5.78 Å². The minimum Gasteiger partial charge on any atom is -0.497 e. The Morgan fingerprint density at radius 1 is 0.963 bits per heavy atom. The number of ether oxygens (including phenoxy) is 3. The summed E-state index contributed by atoms with van der Waals surface area (Å²) in [5.41, 5.74) is 1.74. The topological polar surface area (TPSA) is 61.8 Å². The number of methoxy groups -OCH3 is 2. The van der Waals surface area contributed by atoms with E-state index in [1.54, 1.807) is 31.2 Å². The highest BCUT2D eigenvalue weighted by atomic mass is 16.5. The van der Waals surface area contributed by atoms with Crippen LogP contribution < -0.4 is 9.47 Å². The second kappa shape index (κ2) is 9.97. The van der Waals surface area contributed by atoms with Crippen LogP contribution in [0.1, 0.15) is 22.8 Å². The third-order valence-electron chi connectivity index (χ3n) is 3.75. The number of esters is 1. The lowest BCUT2D eigenvalue weighted by Gasteiger charge is -2.08. The van der Waals surface area contributed by atoms with Crippen molar-refractivity contribution >= 4 is 17.3 Å². The molecule has 2 aromatic rings. The first-order valence-electron chi connectivity index (χ1n) is 8.47. The molecule has 2 aromatic carbocycles. The Morgan fingerprint density at radius 3 is 2.33 bits per heavy atom. The number of hydrogen-bond acceptors (Lipinski definition) is 5. The van der Waals surface area contributed by atoms with Crippen LogP contribution in [0, 0.1) is 0 Å². The summed E-state index contributed by atoms with van der Waals surface area (Å²) in [5, 5.41) is 0. The molecule has 140 valence electrons. The summed E-state index contributed by atoms with van der Waals surface area (Å²) in [5.74, 6) is 0.267. The van der Waals surface area contributed by atoms with Crippen molar-refractivity contribution in [1.82, 2.24) is 0 Å². The van der Waals surface area contributed by atoms with Gasteiger partial charge in [-0.25, -0.2) is 4.79 Å². The number of hydrogen-bond donors (Lipinski definition) is 0.